The van der Waals surface area contributed by atoms with Gasteiger partial charge in [0.25, 0.3) is 0 Å². The number of fused-ring (bicyclic) bond motifs is 2. The standard InChI is InChI=1S/C19H10F5N3/c20-13-14(21)16(23)19(17(24)15(13)22)27-26-18-9-5-1-3-7-11(9)25-12-8-4-2-6-10(12)18/h1-8,27H,(H,25,26). The molecule has 1 heterocycles. The van der Waals surface area contributed by atoms with Gasteiger partial charge in [-0.05, 0) is 12.1 Å². The van der Waals surface area contributed by atoms with E-state index in [1.165, 1.54) is 0 Å². The summed E-state index contributed by atoms with van der Waals surface area (Å²) in [4.78, 5) is 4.48. The van der Waals surface area contributed by atoms with Crippen LogP contribution in [0, 0.1) is 29.1 Å². The molecule has 0 aliphatic heterocycles. The molecule has 0 atom stereocenters. The first-order valence-electron chi connectivity index (χ1n) is 7.80. The van der Waals surface area contributed by atoms with E-state index in [0.29, 0.717) is 27.5 Å². The van der Waals surface area contributed by atoms with Crippen LogP contribution in [0.4, 0.5) is 33.3 Å². The number of pyridine rings is 1. The second-order valence-corrected chi connectivity index (χ2v) is 5.72. The number of nitrogens with one attached hydrogen (secondary N) is 2. The predicted molar refractivity (Wildman–Crippen MR) is 92.7 cm³/mol. The quantitative estimate of drug-likeness (QED) is 0.163. The number of hydrogen-bond acceptors (Lipinski definition) is 3. The van der Waals surface area contributed by atoms with E-state index in [0.717, 1.165) is 0 Å². The first kappa shape index (κ1) is 17.0. The van der Waals surface area contributed by atoms with Crippen molar-refractivity contribution in [1.29, 1.82) is 0 Å². The summed E-state index contributed by atoms with van der Waals surface area (Å²) in [6.07, 6.45) is 0. The lowest BCUT2D eigenvalue weighted by molar-refractivity contribution is 0.381. The number of para-hydroxylation sites is 2. The molecule has 0 spiro atoms. The highest BCUT2D eigenvalue weighted by atomic mass is 19.2. The SMILES string of the molecule is Fc1c(F)c(F)c(NNc2c3ccccc3nc3ccccc23)c(F)c1F. The topological polar surface area (TPSA) is 37.0 Å². The molecule has 3 nitrogen and oxygen atoms in total. The van der Waals surface area contributed by atoms with E-state index >= 15 is 0 Å². The van der Waals surface area contributed by atoms with Crippen LogP contribution in [0.2, 0.25) is 0 Å². The summed E-state index contributed by atoms with van der Waals surface area (Å²) in [7, 11) is 0. The Labute approximate surface area is 149 Å². The molecule has 0 aliphatic carbocycles. The third-order valence-electron chi connectivity index (χ3n) is 4.11. The lowest BCUT2D eigenvalue weighted by Gasteiger charge is -2.16. The molecule has 27 heavy (non-hydrogen) atoms. The van der Waals surface area contributed by atoms with Gasteiger partial charge in [-0.1, -0.05) is 36.4 Å². The fourth-order valence-corrected chi connectivity index (χ4v) is 2.81. The van der Waals surface area contributed by atoms with Gasteiger partial charge in [-0.15, -0.1) is 0 Å². The zero-order chi connectivity index (χ0) is 19.1. The highest BCUT2D eigenvalue weighted by molar-refractivity contribution is 6.07. The smallest absolute Gasteiger partial charge is 0.200 e. The monoisotopic (exact) mass is 375 g/mol. The third kappa shape index (κ3) is 2.69. The summed E-state index contributed by atoms with van der Waals surface area (Å²) in [6, 6.07) is 13.9. The van der Waals surface area contributed by atoms with Gasteiger partial charge in [-0.3, -0.25) is 10.9 Å². The van der Waals surface area contributed by atoms with Crippen LogP contribution in [-0.2, 0) is 0 Å². The number of anilines is 2. The van der Waals surface area contributed by atoms with Crippen LogP contribution in [0.15, 0.2) is 48.5 Å². The van der Waals surface area contributed by atoms with Crippen molar-refractivity contribution in [3.63, 3.8) is 0 Å². The summed E-state index contributed by atoms with van der Waals surface area (Å²) in [5, 5.41) is 1.21. The second kappa shape index (κ2) is 6.39. The molecule has 0 amide bonds. The summed E-state index contributed by atoms with van der Waals surface area (Å²) >= 11 is 0. The highest BCUT2D eigenvalue weighted by Crippen LogP contribution is 2.32. The molecule has 4 aromatic rings. The Bertz CT molecular complexity index is 1110. The molecule has 8 heteroatoms. The first-order valence-corrected chi connectivity index (χ1v) is 7.80. The zero-order valence-electron chi connectivity index (χ0n) is 13.5. The minimum atomic E-state index is -2.21. The van der Waals surface area contributed by atoms with Crippen LogP contribution >= 0.6 is 0 Å². The van der Waals surface area contributed by atoms with Crippen LogP contribution in [0.1, 0.15) is 0 Å². The van der Waals surface area contributed by atoms with E-state index < -0.39 is 34.8 Å². The van der Waals surface area contributed by atoms with Gasteiger partial charge in [0.05, 0.1) is 16.7 Å². The minimum Gasteiger partial charge on any atom is -0.299 e. The summed E-state index contributed by atoms with van der Waals surface area (Å²) < 4.78 is 67.8. The number of nitrogens with zero attached hydrogens (tertiary/aromatic N) is 1. The van der Waals surface area contributed by atoms with Gasteiger partial charge in [0.1, 0.15) is 5.69 Å². The van der Waals surface area contributed by atoms with E-state index in [1.807, 2.05) is 0 Å². The van der Waals surface area contributed by atoms with E-state index in [4.69, 9.17) is 0 Å². The fourth-order valence-electron chi connectivity index (χ4n) is 2.81. The van der Waals surface area contributed by atoms with Crippen molar-refractivity contribution in [2.75, 3.05) is 10.9 Å². The summed E-state index contributed by atoms with van der Waals surface area (Å²) in [6.45, 7) is 0. The van der Waals surface area contributed by atoms with E-state index in [9.17, 15) is 22.0 Å². The van der Waals surface area contributed by atoms with E-state index in [2.05, 4.69) is 15.8 Å². The van der Waals surface area contributed by atoms with Gasteiger partial charge in [-0.2, -0.15) is 0 Å². The zero-order valence-corrected chi connectivity index (χ0v) is 13.5. The van der Waals surface area contributed by atoms with Crippen molar-refractivity contribution in [3.05, 3.63) is 77.6 Å². The third-order valence-corrected chi connectivity index (χ3v) is 4.11. The first-order chi connectivity index (χ1) is 13.0. The maximum atomic E-state index is 13.9. The average Bonchev–Trinajstić information content (AvgIpc) is 2.70. The molecule has 1 aromatic heterocycles. The molecule has 2 N–H and O–H groups in total. The highest BCUT2D eigenvalue weighted by Gasteiger charge is 2.26. The number of hydrazine groups is 1. The molecule has 0 aliphatic rings. The summed E-state index contributed by atoms with van der Waals surface area (Å²) in [5.41, 5.74) is 5.10. The van der Waals surface area contributed by atoms with Crippen molar-refractivity contribution < 1.29 is 22.0 Å². The number of hydrogen-bond donors (Lipinski definition) is 2. The molecule has 0 radical (unpaired) electrons. The number of rotatable bonds is 3. The Kier molecular flexibility index (Phi) is 4.02. The maximum Gasteiger partial charge on any atom is 0.200 e. The molecule has 0 unspecified atom stereocenters. The molecule has 0 bridgehead atoms. The van der Waals surface area contributed by atoms with Crippen molar-refractivity contribution in [2.45, 2.75) is 0 Å². The number of benzene rings is 3. The largest absolute Gasteiger partial charge is 0.299 e. The normalized spacial score (nSPS) is 11.1. The van der Waals surface area contributed by atoms with Gasteiger partial charge in [0.2, 0.25) is 5.82 Å². The van der Waals surface area contributed by atoms with Gasteiger partial charge >= 0.3 is 0 Å². The van der Waals surface area contributed by atoms with Crippen molar-refractivity contribution in [2.24, 2.45) is 0 Å². The van der Waals surface area contributed by atoms with Crippen molar-refractivity contribution in [1.82, 2.24) is 4.98 Å². The Morgan fingerprint density at radius 2 is 0.926 bits per heavy atom. The second-order valence-electron chi connectivity index (χ2n) is 5.72. The molecular weight excluding hydrogens is 365 g/mol. The van der Waals surface area contributed by atoms with Gasteiger partial charge < -0.3 is 0 Å². The molecule has 0 saturated carbocycles. The number of aromatic nitrogens is 1. The Balaban J connectivity index is 1.85. The molecule has 3 aromatic carbocycles. The van der Waals surface area contributed by atoms with E-state index in [1.54, 1.807) is 48.5 Å². The Morgan fingerprint density at radius 1 is 0.519 bits per heavy atom. The summed E-state index contributed by atoms with van der Waals surface area (Å²) in [5.74, 6) is -10.2. The van der Waals surface area contributed by atoms with Crippen LogP contribution in [0.25, 0.3) is 21.8 Å². The van der Waals surface area contributed by atoms with Crippen molar-refractivity contribution in [3.8, 4) is 0 Å². The van der Waals surface area contributed by atoms with Crippen LogP contribution in [-0.4, -0.2) is 4.98 Å². The van der Waals surface area contributed by atoms with Crippen LogP contribution < -0.4 is 10.9 Å². The maximum absolute atomic E-state index is 13.9. The van der Waals surface area contributed by atoms with Gasteiger partial charge in [0.15, 0.2) is 23.3 Å². The number of halogens is 5. The average molecular weight is 375 g/mol. The van der Waals surface area contributed by atoms with Crippen LogP contribution in [0.5, 0.6) is 0 Å². The van der Waals surface area contributed by atoms with Gasteiger partial charge in [0, 0.05) is 10.8 Å². The van der Waals surface area contributed by atoms with Gasteiger partial charge in [-0.25, -0.2) is 26.9 Å². The molecule has 4 rings (SSSR count). The Hall–Kier alpha value is -3.42. The lowest BCUT2D eigenvalue weighted by atomic mass is 10.1. The minimum absolute atomic E-state index is 0.389. The van der Waals surface area contributed by atoms with E-state index in [-0.39, 0.29) is 0 Å². The van der Waals surface area contributed by atoms with Crippen LogP contribution in [0.3, 0.4) is 0 Å². The fraction of sp³-hybridized carbons (Fsp3) is 0. The molecule has 0 saturated heterocycles. The predicted octanol–water partition coefficient (Wildman–Crippen LogP) is 5.52. The lowest BCUT2D eigenvalue weighted by Crippen LogP contribution is -2.15. The molecular formula is C19H10F5N3. The Morgan fingerprint density at radius 3 is 1.44 bits per heavy atom. The molecule has 0 fully saturated rings. The molecule has 136 valence electrons. The van der Waals surface area contributed by atoms with Crippen molar-refractivity contribution >= 4 is 33.2 Å².